The van der Waals surface area contributed by atoms with Crippen LogP contribution in [0.15, 0.2) is 24.4 Å². The van der Waals surface area contributed by atoms with E-state index in [-0.39, 0.29) is 24.2 Å². The molecule has 0 spiro atoms. The predicted octanol–water partition coefficient (Wildman–Crippen LogP) is 0.905. The molecule has 2 aromatic rings. The Balaban J connectivity index is 1.69. The van der Waals surface area contributed by atoms with Crippen molar-refractivity contribution in [3.8, 4) is 17.2 Å². The lowest BCUT2D eigenvalue weighted by atomic mass is 10.3. The van der Waals surface area contributed by atoms with E-state index in [1.54, 1.807) is 18.2 Å². The van der Waals surface area contributed by atoms with Gasteiger partial charge in [-0.1, -0.05) is 11.6 Å². The van der Waals surface area contributed by atoms with E-state index in [2.05, 4.69) is 5.10 Å². The quantitative estimate of drug-likeness (QED) is 0.494. The van der Waals surface area contributed by atoms with Crippen LogP contribution in [0.3, 0.4) is 0 Å². The highest BCUT2D eigenvalue weighted by atomic mass is 35.5. The molecule has 3 N–H and O–H groups in total. The first kappa shape index (κ1) is 13.5. The minimum atomic E-state index is -0.568. The Morgan fingerprint density at radius 2 is 2.29 bits per heavy atom. The Morgan fingerprint density at radius 1 is 1.48 bits per heavy atom. The van der Waals surface area contributed by atoms with Crippen LogP contribution in [0.5, 0.6) is 17.2 Å². The highest BCUT2D eigenvalue weighted by Gasteiger charge is 2.16. The van der Waals surface area contributed by atoms with Gasteiger partial charge in [0.05, 0.1) is 5.02 Å². The Bertz CT molecular complexity index is 688. The van der Waals surface area contributed by atoms with Gasteiger partial charge in [-0.2, -0.15) is 5.10 Å². The summed E-state index contributed by atoms with van der Waals surface area (Å²) in [4.78, 5) is 11.4. The molecule has 8 nitrogen and oxygen atoms in total. The summed E-state index contributed by atoms with van der Waals surface area (Å²) >= 11 is 5.89. The summed E-state index contributed by atoms with van der Waals surface area (Å²) in [5.41, 5.74) is 2.00. The highest BCUT2D eigenvalue weighted by molar-refractivity contribution is 6.33. The largest absolute Gasteiger partial charge is 0.471 e. The van der Waals surface area contributed by atoms with Gasteiger partial charge in [0.2, 0.25) is 6.79 Å². The molecule has 9 heteroatoms. The number of nitrogens with zero attached hydrogens (tertiary/aromatic N) is 2. The molecule has 0 atom stereocenters. The number of aromatic nitrogens is 2. The molecule has 0 fully saturated rings. The van der Waals surface area contributed by atoms with Gasteiger partial charge in [-0.3, -0.25) is 10.2 Å². The van der Waals surface area contributed by atoms with E-state index in [0.717, 1.165) is 0 Å². The Kier molecular flexibility index (Phi) is 3.55. The zero-order valence-electron chi connectivity index (χ0n) is 10.7. The van der Waals surface area contributed by atoms with Crippen LogP contribution in [0.25, 0.3) is 0 Å². The number of nitrogens with one attached hydrogen (secondary N) is 1. The second-order valence-corrected chi connectivity index (χ2v) is 4.53. The fourth-order valence-electron chi connectivity index (χ4n) is 1.79. The van der Waals surface area contributed by atoms with Gasteiger partial charge in [0, 0.05) is 12.3 Å². The molecule has 1 aliphatic rings. The van der Waals surface area contributed by atoms with E-state index in [1.165, 1.54) is 10.9 Å². The number of nitrogens with two attached hydrogens (primary N) is 1. The number of carbonyl (C=O) groups excluding carboxylic acids is 1. The number of halogens is 1. The van der Waals surface area contributed by atoms with Crippen molar-refractivity contribution in [3.05, 3.63) is 35.1 Å². The number of nitrogen functional groups attached to an aromatic ring is 1. The van der Waals surface area contributed by atoms with E-state index in [9.17, 15) is 4.79 Å². The van der Waals surface area contributed by atoms with Crippen LogP contribution >= 0.6 is 11.6 Å². The van der Waals surface area contributed by atoms with Crippen LogP contribution in [0.1, 0.15) is 10.5 Å². The smallest absolute Gasteiger partial charge is 0.287 e. The summed E-state index contributed by atoms with van der Waals surface area (Å²) in [7, 11) is 0. The molecule has 1 aromatic carbocycles. The van der Waals surface area contributed by atoms with Gasteiger partial charge >= 0.3 is 0 Å². The van der Waals surface area contributed by atoms with Crippen LogP contribution < -0.4 is 25.5 Å². The minimum absolute atomic E-state index is 0.0356. The van der Waals surface area contributed by atoms with E-state index in [1.807, 2.05) is 5.43 Å². The maximum absolute atomic E-state index is 11.4. The molecule has 0 bridgehead atoms. The number of hydrazine groups is 1. The van der Waals surface area contributed by atoms with E-state index in [0.29, 0.717) is 17.2 Å². The van der Waals surface area contributed by atoms with Crippen LogP contribution in [0.2, 0.25) is 5.02 Å². The van der Waals surface area contributed by atoms with Crippen molar-refractivity contribution in [1.29, 1.82) is 0 Å². The first-order chi connectivity index (χ1) is 10.2. The molecule has 1 aliphatic heterocycles. The first-order valence-electron chi connectivity index (χ1n) is 5.93. The molecular weight excluding hydrogens is 300 g/mol. The first-order valence-corrected chi connectivity index (χ1v) is 6.31. The second-order valence-electron chi connectivity index (χ2n) is 4.13. The third-order valence-electron chi connectivity index (χ3n) is 2.77. The summed E-state index contributed by atoms with van der Waals surface area (Å²) in [6.07, 6.45) is 1.47. The van der Waals surface area contributed by atoms with Crippen molar-refractivity contribution in [2.24, 2.45) is 5.84 Å². The van der Waals surface area contributed by atoms with E-state index >= 15 is 0 Å². The van der Waals surface area contributed by atoms with Crippen molar-refractivity contribution in [3.63, 3.8) is 0 Å². The van der Waals surface area contributed by atoms with Crippen molar-refractivity contribution < 1.29 is 19.0 Å². The zero-order valence-corrected chi connectivity index (χ0v) is 11.5. The lowest BCUT2D eigenvalue weighted by Gasteiger charge is -2.06. The zero-order chi connectivity index (χ0) is 14.8. The number of amides is 1. The average molecular weight is 311 g/mol. The van der Waals surface area contributed by atoms with Gasteiger partial charge in [-0.05, 0) is 12.1 Å². The van der Waals surface area contributed by atoms with Gasteiger partial charge in [0.15, 0.2) is 23.9 Å². The molecule has 110 valence electrons. The molecule has 3 rings (SSSR count). The molecule has 21 heavy (non-hydrogen) atoms. The van der Waals surface area contributed by atoms with E-state index < -0.39 is 5.91 Å². The lowest BCUT2D eigenvalue weighted by molar-refractivity contribution is 0.0946. The van der Waals surface area contributed by atoms with Crippen molar-refractivity contribution in [2.75, 3.05) is 6.79 Å². The molecule has 1 aromatic heterocycles. The molecule has 2 heterocycles. The second kappa shape index (κ2) is 5.51. The fourth-order valence-corrected chi connectivity index (χ4v) is 2.03. The number of fused-ring (bicyclic) bond motifs is 1. The summed E-state index contributed by atoms with van der Waals surface area (Å²) in [5, 5.41) is 4.17. The Hall–Kier alpha value is -2.45. The van der Waals surface area contributed by atoms with Crippen molar-refractivity contribution in [1.82, 2.24) is 15.2 Å². The van der Waals surface area contributed by atoms with Gasteiger partial charge in [-0.15, -0.1) is 0 Å². The SMILES string of the molecule is NNC(=O)c1nn(COc2ccc3c(c2)OCO3)cc1Cl. The monoisotopic (exact) mass is 310 g/mol. The number of carbonyl (C=O) groups is 1. The molecule has 0 unspecified atom stereocenters. The molecule has 0 saturated carbocycles. The van der Waals surface area contributed by atoms with Gasteiger partial charge < -0.3 is 14.2 Å². The minimum Gasteiger partial charge on any atom is -0.471 e. The molecule has 1 amide bonds. The van der Waals surface area contributed by atoms with Crippen LogP contribution in [0, 0.1) is 0 Å². The third kappa shape index (κ3) is 2.71. The van der Waals surface area contributed by atoms with Gasteiger partial charge in [0.1, 0.15) is 5.75 Å². The number of ether oxygens (including phenoxy) is 3. The third-order valence-corrected chi connectivity index (χ3v) is 3.05. The molecule has 0 radical (unpaired) electrons. The number of hydrogen-bond acceptors (Lipinski definition) is 6. The standard InChI is InChI=1S/C12H11ClN4O4/c13-8-4-17(16-11(8)12(18)15-14)5-19-7-1-2-9-10(3-7)21-6-20-9/h1-4H,5-6,14H2,(H,15,18). The fraction of sp³-hybridized carbons (Fsp3) is 0.167. The molecular formula is C12H11ClN4O4. The number of benzene rings is 1. The Labute approximate surface area is 124 Å². The number of hydrogen-bond donors (Lipinski definition) is 2. The van der Waals surface area contributed by atoms with Crippen LogP contribution in [0.4, 0.5) is 0 Å². The van der Waals surface area contributed by atoms with Crippen LogP contribution in [-0.2, 0) is 6.73 Å². The average Bonchev–Trinajstić information content (AvgIpc) is 3.10. The van der Waals surface area contributed by atoms with Crippen LogP contribution in [-0.4, -0.2) is 22.5 Å². The summed E-state index contributed by atoms with van der Waals surface area (Å²) in [5.74, 6) is 6.34. The maximum Gasteiger partial charge on any atom is 0.287 e. The van der Waals surface area contributed by atoms with Crippen molar-refractivity contribution in [2.45, 2.75) is 6.73 Å². The maximum atomic E-state index is 11.4. The number of rotatable bonds is 4. The van der Waals surface area contributed by atoms with E-state index in [4.69, 9.17) is 31.7 Å². The topological polar surface area (TPSA) is 101 Å². The lowest BCUT2D eigenvalue weighted by Crippen LogP contribution is -2.30. The highest BCUT2D eigenvalue weighted by Crippen LogP contribution is 2.35. The summed E-state index contributed by atoms with van der Waals surface area (Å²) in [6, 6.07) is 5.20. The summed E-state index contributed by atoms with van der Waals surface area (Å²) in [6.45, 7) is 0.280. The van der Waals surface area contributed by atoms with Crippen molar-refractivity contribution >= 4 is 17.5 Å². The molecule has 0 saturated heterocycles. The normalized spacial score (nSPS) is 12.3. The van der Waals surface area contributed by atoms with Gasteiger partial charge in [0.25, 0.3) is 5.91 Å². The van der Waals surface area contributed by atoms with Gasteiger partial charge in [-0.25, -0.2) is 10.5 Å². The molecule has 0 aliphatic carbocycles. The predicted molar refractivity (Wildman–Crippen MR) is 72.1 cm³/mol. The Morgan fingerprint density at radius 3 is 3.10 bits per heavy atom. The summed E-state index contributed by atoms with van der Waals surface area (Å²) < 4.78 is 17.4.